The molecule has 1 N–H and O–H groups in total. The van der Waals surface area contributed by atoms with Crippen LogP contribution in [0.4, 0.5) is 10.1 Å². The molecule has 0 aromatic heterocycles. The van der Waals surface area contributed by atoms with Gasteiger partial charge in [-0.15, -0.1) is 0 Å². The van der Waals surface area contributed by atoms with Crippen LogP contribution in [-0.2, 0) is 4.79 Å². The molecule has 7 nitrogen and oxygen atoms in total. The summed E-state index contributed by atoms with van der Waals surface area (Å²) in [5.74, 6) is 0.242. The van der Waals surface area contributed by atoms with Gasteiger partial charge in [-0.25, -0.2) is 4.39 Å². The Hall–Kier alpha value is -3.29. The van der Waals surface area contributed by atoms with E-state index < -0.39 is 0 Å². The minimum absolute atomic E-state index is 0.166. The van der Waals surface area contributed by atoms with Crippen molar-refractivity contribution in [3.05, 3.63) is 47.8 Å². The second-order valence-corrected chi connectivity index (χ2v) is 6.41. The Bertz CT molecular complexity index is 870. The molecule has 2 aromatic carbocycles. The van der Waals surface area contributed by atoms with Gasteiger partial charge in [-0.05, 0) is 24.6 Å². The van der Waals surface area contributed by atoms with Gasteiger partial charge < -0.3 is 24.4 Å². The maximum absolute atomic E-state index is 13.1. The first-order valence-corrected chi connectivity index (χ1v) is 9.01. The van der Waals surface area contributed by atoms with Crippen LogP contribution in [0.1, 0.15) is 23.2 Å². The molecule has 0 saturated heterocycles. The molecular formula is C21H25FN2O5. The molecule has 0 radical (unpaired) electrons. The Morgan fingerprint density at radius 2 is 1.76 bits per heavy atom. The van der Waals surface area contributed by atoms with Crippen LogP contribution in [0.5, 0.6) is 17.2 Å². The molecule has 2 rings (SSSR count). The highest BCUT2D eigenvalue weighted by atomic mass is 19.1. The van der Waals surface area contributed by atoms with Crippen LogP contribution in [0.15, 0.2) is 36.4 Å². The quantitative estimate of drug-likeness (QED) is 0.649. The zero-order valence-electron chi connectivity index (χ0n) is 17.0. The number of halogens is 1. The van der Waals surface area contributed by atoms with Crippen LogP contribution in [0, 0.1) is 5.82 Å². The molecular weight excluding hydrogens is 379 g/mol. The van der Waals surface area contributed by atoms with Crippen LogP contribution in [0.2, 0.25) is 0 Å². The molecule has 0 aliphatic carbocycles. The maximum Gasteiger partial charge on any atom is 0.255 e. The van der Waals surface area contributed by atoms with Crippen LogP contribution < -0.4 is 19.5 Å². The van der Waals surface area contributed by atoms with E-state index in [9.17, 15) is 14.0 Å². The first kappa shape index (κ1) is 22.0. The predicted molar refractivity (Wildman–Crippen MR) is 107 cm³/mol. The highest BCUT2D eigenvalue weighted by Crippen LogP contribution is 2.34. The van der Waals surface area contributed by atoms with Crippen molar-refractivity contribution in [2.75, 3.05) is 40.2 Å². The molecule has 29 heavy (non-hydrogen) atoms. The summed E-state index contributed by atoms with van der Waals surface area (Å²) >= 11 is 0. The van der Waals surface area contributed by atoms with Crippen LogP contribution >= 0.6 is 0 Å². The Kier molecular flexibility index (Phi) is 7.82. The van der Waals surface area contributed by atoms with E-state index in [0.29, 0.717) is 29.4 Å². The standard InChI is InChI=1S/C21H25FN2O5/c1-24(2)21(26)16-12-18(27-3)19(28-4)13-17(16)23-20(25)9-6-10-29-15-8-5-7-14(22)11-15/h5,7-8,11-13H,6,9-10H2,1-4H3,(H,23,25). The van der Waals surface area contributed by atoms with Gasteiger partial charge >= 0.3 is 0 Å². The van der Waals surface area contributed by atoms with Crippen molar-refractivity contribution in [1.82, 2.24) is 4.90 Å². The zero-order valence-corrected chi connectivity index (χ0v) is 17.0. The summed E-state index contributed by atoms with van der Waals surface area (Å²) in [5, 5.41) is 2.74. The van der Waals surface area contributed by atoms with E-state index >= 15 is 0 Å². The smallest absolute Gasteiger partial charge is 0.255 e. The third-order valence-electron chi connectivity index (χ3n) is 4.05. The summed E-state index contributed by atoms with van der Waals surface area (Å²) in [7, 11) is 6.18. The summed E-state index contributed by atoms with van der Waals surface area (Å²) in [4.78, 5) is 26.2. The summed E-state index contributed by atoms with van der Waals surface area (Å²) in [6, 6.07) is 8.89. The summed E-state index contributed by atoms with van der Waals surface area (Å²) in [5.41, 5.74) is 0.620. The molecule has 0 atom stereocenters. The number of carbonyl (C=O) groups is 2. The molecule has 0 spiro atoms. The van der Waals surface area contributed by atoms with Gasteiger partial charge in [-0.2, -0.15) is 0 Å². The summed E-state index contributed by atoms with van der Waals surface area (Å²) in [6.07, 6.45) is 0.589. The number of benzene rings is 2. The van der Waals surface area contributed by atoms with Gasteiger partial charge in [0.15, 0.2) is 11.5 Å². The third kappa shape index (κ3) is 6.10. The van der Waals surface area contributed by atoms with Gasteiger partial charge in [0.05, 0.1) is 32.1 Å². The van der Waals surface area contributed by atoms with Gasteiger partial charge in [-0.1, -0.05) is 6.07 Å². The van der Waals surface area contributed by atoms with Crippen LogP contribution in [0.3, 0.4) is 0 Å². The minimum atomic E-state index is -0.383. The normalized spacial score (nSPS) is 10.2. The van der Waals surface area contributed by atoms with Crippen LogP contribution in [-0.4, -0.2) is 51.6 Å². The lowest BCUT2D eigenvalue weighted by atomic mass is 10.1. The Balaban J connectivity index is 2.03. The fourth-order valence-electron chi connectivity index (χ4n) is 2.59. The molecule has 2 aromatic rings. The lowest BCUT2D eigenvalue weighted by molar-refractivity contribution is -0.116. The Morgan fingerprint density at radius 3 is 2.38 bits per heavy atom. The second-order valence-electron chi connectivity index (χ2n) is 6.41. The zero-order chi connectivity index (χ0) is 21.4. The van der Waals surface area contributed by atoms with Gasteiger partial charge in [-0.3, -0.25) is 9.59 Å². The summed E-state index contributed by atoms with van der Waals surface area (Å²) < 4.78 is 29.1. The number of hydrogen-bond donors (Lipinski definition) is 1. The largest absolute Gasteiger partial charge is 0.493 e. The third-order valence-corrected chi connectivity index (χ3v) is 4.05. The van der Waals surface area contributed by atoms with Crippen molar-refractivity contribution >= 4 is 17.5 Å². The van der Waals surface area contributed by atoms with Crippen molar-refractivity contribution in [2.45, 2.75) is 12.8 Å². The number of carbonyl (C=O) groups excluding carboxylic acids is 2. The van der Waals surface area contributed by atoms with Crippen molar-refractivity contribution in [1.29, 1.82) is 0 Å². The first-order chi connectivity index (χ1) is 13.8. The minimum Gasteiger partial charge on any atom is -0.493 e. The molecule has 0 unspecified atom stereocenters. The van der Waals surface area contributed by atoms with Gasteiger partial charge in [0.25, 0.3) is 5.91 Å². The highest BCUT2D eigenvalue weighted by Gasteiger charge is 2.19. The molecule has 156 valence electrons. The molecule has 0 aliphatic rings. The highest BCUT2D eigenvalue weighted by molar-refractivity contribution is 6.04. The predicted octanol–water partition coefficient (Wildman–Crippen LogP) is 3.34. The van der Waals surface area contributed by atoms with Crippen molar-refractivity contribution in [2.24, 2.45) is 0 Å². The van der Waals surface area contributed by atoms with Crippen LogP contribution in [0.25, 0.3) is 0 Å². The van der Waals surface area contributed by atoms with E-state index in [1.165, 1.54) is 37.3 Å². The number of hydrogen-bond acceptors (Lipinski definition) is 5. The van der Waals surface area contributed by atoms with E-state index in [1.54, 1.807) is 32.3 Å². The van der Waals surface area contributed by atoms with Gasteiger partial charge in [0.2, 0.25) is 5.91 Å². The first-order valence-electron chi connectivity index (χ1n) is 9.01. The second kappa shape index (κ2) is 10.3. The number of nitrogens with one attached hydrogen (secondary N) is 1. The van der Waals surface area contributed by atoms with Gasteiger partial charge in [0.1, 0.15) is 11.6 Å². The number of rotatable bonds is 9. The van der Waals surface area contributed by atoms with Crippen molar-refractivity contribution < 1.29 is 28.2 Å². The van der Waals surface area contributed by atoms with Crippen molar-refractivity contribution in [3.8, 4) is 17.2 Å². The number of amides is 2. The number of methoxy groups -OCH3 is 2. The average molecular weight is 404 g/mol. The number of ether oxygens (including phenoxy) is 3. The Labute approximate surface area is 169 Å². The topological polar surface area (TPSA) is 77.1 Å². The molecule has 2 amide bonds. The lowest BCUT2D eigenvalue weighted by Crippen LogP contribution is -2.24. The maximum atomic E-state index is 13.1. The van der Waals surface area contributed by atoms with Crippen molar-refractivity contribution in [3.63, 3.8) is 0 Å². The fourth-order valence-corrected chi connectivity index (χ4v) is 2.59. The SMILES string of the molecule is COc1cc(NC(=O)CCCOc2cccc(F)c2)c(C(=O)N(C)C)cc1OC. The lowest BCUT2D eigenvalue weighted by Gasteiger charge is -2.18. The molecule has 0 bridgehead atoms. The van der Waals surface area contributed by atoms with E-state index in [0.717, 1.165) is 0 Å². The molecule has 0 saturated carbocycles. The molecule has 0 fully saturated rings. The molecule has 0 heterocycles. The Morgan fingerprint density at radius 1 is 1.07 bits per heavy atom. The average Bonchev–Trinajstić information content (AvgIpc) is 2.70. The number of nitrogens with zero attached hydrogens (tertiary/aromatic N) is 1. The fraction of sp³-hybridized carbons (Fsp3) is 0.333. The number of anilines is 1. The van der Waals surface area contributed by atoms with E-state index in [1.807, 2.05) is 0 Å². The summed E-state index contributed by atoms with van der Waals surface area (Å²) in [6.45, 7) is 0.256. The van der Waals surface area contributed by atoms with E-state index in [2.05, 4.69) is 5.32 Å². The van der Waals surface area contributed by atoms with E-state index in [-0.39, 0.29) is 36.2 Å². The molecule has 0 aliphatic heterocycles. The monoisotopic (exact) mass is 404 g/mol. The molecule has 8 heteroatoms. The van der Waals surface area contributed by atoms with E-state index in [4.69, 9.17) is 14.2 Å². The van der Waals surface area contributed by atoms with Gasteiger partial charge in [0, 0.05) is 32.6 Å².